The highest BCUT2D eigenvalue weighted by atomic mass is 19.1. The molecule has 9 heteroatoms. The number of aryl methyl sites for hydroxylation is 1. The third-order valence-corrected chi connectivity index (χ3v) is 6.40. The molecule has 0 radical (unpaired) electrons. The molecule has 0 fully saturated rings. The Labute approximate surface area is 208 Å². The van der Waals surface area contributed by atoms with Gasteiger partial charge in [0.2, 0.25) is 0 Å². The van der Waals surface area contributed by atoms with Gasteiger partial charge in [0.1, 0.15) is 17.3 Å². The normalized spacial score (nSPS) is 14.9. The second-order valence-corrected chi connectivity index (χ2v) is 9.04. The summed E-state index contributed by atoms with van der Waals surface area (Å²) in [5.74, 6) is 0.810. The molecule has 2 aromatic carbocycles. The highest BCUT2D eigenvalue weighted by molar-refractivity contribution is 5.87. The van der Waals surface area contributed by atoms with Gasteiger partial charge < -0.3 is 15.7 Å². The zero-order chi connectivity index (χ0) is 25.1. The van der Waals surface area contributed by atoms with Gasteiger partial charge in [-0.15, -0.1) is 0 Å². The van der Waals surface area contributed by atoms with Crippen molar-refractivity contribution in [3.8, 4) is 28.2 Å². The van der Waals surface area contributed by atoms with Gasteiger partial charge in [0.25, 0.3) is 5.56 Å². The number of nitrogens with one attached hydrogen (secondary N) is 2. The van der Waals surface area contributed by atoms with E-state index in [0.29, 0.717) is 30.3 Å². The Hall–Kier alpha value is -3.82. The summed E-state index contributed by atoms with van der Waals surface area (Å²) >= 11 is 0. The van der Waals surface area contributed by atoms with Crippen LogP contribution in [-0.4, -0.2) is 50.9 Å². The summed E-state index contributed by atoms with van der Waals surface area (Å²) in [6, 6.07) is 17.1. The average Bonchev–Trinajstić information content (AvgIpc) is 3.27. The highest BCUT2D eigenvalue weighted by Gasteiger charge is 2.27. The molecule has 3 heterocycles. The predicted octanol–water partition coefficient (Wildman–Crippen LogP) is 3.22. The van der Waals surface area contributed by atoms with Gasteiger partial charge in [-0.1, -0.05) is 18.2 Å². The predicted molar refractivity (Wildman–Crippen MR) is 138 cm³/mol. The van der Waals surface area contributed by atoms with Gasteiger partial charge in [-0.3, -0.25) is 4.79 Å². The van der Waals surface area contributed by atoms with Gasteiger partial charge in [0.05, 0.1) is 16.9 Å². The molecule has 1 aliphatic rings. The molecule has 8 nitrogen and oxygen atoms in total. The quantitative estimate of drug-likeness (QED) is 0.330. The van der Waals surface area contributed by atoms with Crippen LogP contribution >= 0.6 is 0 Å². The van der Waals surface area contributed by atoms with Crippen molar-refractivity contribution in [2.45, 2.75) is 19.9 Å². The first kappa shape index (κ1) is 23.9. The Bertz CT molecular complexity index is 1410. The number of aliphatic hydroxyl groups excluding tert-OH is 1. The number of halogens is 1. The molecule has 4 aromatic rings. The van der Waals surface area contributed by atoms with Gasteiger partial charge in [-0.25, -0.2) is 9.07 Å². The van der Waals surface area contributed by atoms with Crippen LogP contribution in [0, 0.1) is 18.7 Å². The Morgan fingerprint density at radius 1 is 1.11 bits per heavy atom. The van der Waals surface area contributed by atoms with Crippen molar-refractivity contribution in [2.24, 2.45) is 5.92 Å². The number of hydrogen-bond donors (Lipinski definition) is 3. The van der Waals surface area contributed by atoms with Gasteiger partial charge in [-0.05, 0) is 61.9 Å². The maximum Gasteiger partial charge on any atom is 0.271 e. The van der Waals surface area contributed by atoms with Crippen molar-refractivity contribution in [3.63, 3.8) is 0 Å². The molecule has 0 aliphatic carbocycles. The topological polar surface area (TPSA) is 97.0 Å². The summed E-state index contributed by atoms with van der Waals surface area (Å²) in [5.41, 5.74) is 4.25. The lowest BCUT2D eigenvalue weighted by atomic mass is 10.0. The second-order valence-electron chi connectivity index (χ2n) is 9.04. The number of anilines is 1. The molecule has 0 saturated carbocycles. The van der Waals surface area contributed by atoms with E-state index in [2.05, 4.69) is 10.6 Å². The number of benzene rings is 2. The molecule has 1 aliphatic heterocycles. The van der Waals surface area contributed by atoms with Crippen LogP contribution in [0.15, 0.2) is 65.5 Å². The van der Waals surface area contributed by atoms with E-state index in [1.54, 1.807) is 18.2 Å². The number of fused-ring (bicyclic) bond motifs is 1. The summed E-state index contributed by atoms with van der Waals surface area (Å²) in [5, 5.41) is 25.6. The van der Waals surface area contributed by atoms with E-state index in [0.717, 1.165) is 47.8 Å². The number of aliphatic hydroxyl groups is 1. The van der Waals surface area contributed by atoms with Crippen LogP contribution < -0.4 is 16.2 Å². The molecule has 186 valence electrons. The summed E-state index contributed by atoms with van der Waals surface area (Å²) in [6.07, 6.45) is 0.717. The molecular formula is C27H29FN6O2. The van der Waals surface area contributed by atoms with Crippen molar-refractivity contribution >= 4 is 5.82 Å². The third kappa shape index (κ3) is 4.80. The maximum atomic E-state index is 13.7. The van der Waals surface area contributed by atoms with Gasteiger partial charge >= 0.3 is 0 Å². The van der Waals surface area contributed by atoms with E-state index in [9.17, 15) is 9.18 Å². The lowest BCUT2D eigenvalue weighted by Gasteiger charge is -2.26. The largest absolute Gasteiger partial charge is 0.396 e. The Morgan fingerprint density at radius 2 is 1.92 bits per heavy atom. The zero-order valence-corrected chi connectivity index (χ0v) is 20.1. The molecule has 3 N–H and O–H groups in total. The molecule has 0 bridgehead atoms. The van der Waals surface area contributed by atoms with Gasteiger partial charge in [-0.2, -0.15) is 14.9 Å². The molecule has 0 saturated heterocycles. The number of hydrogen-bond acceptors (Lipinski definition) is 6. The van der Waals surface area contributed by atoms with Crippen LogP contribution in [0.1, 0.15) is 12.0 Å². The van der Waals surface area contributed by atoms with E-state index in [1.807, 2.05) is 35.9 Å². The van der Waals surface area contributed by atoms with Crippen LogP contribution in [0.3, 0.4) is 0 Å². The minimum atomic E-state index is -0.317. The van der Waals surface area contributed by atoms with Gasteiger partial charge in [0, 0.05) is 43.8 Å². The van der Waals surface area contributed by atoms with Crippen molar-refractivity contribution in [2.75, 3.05) is 31.6 Å². The summed E-state index contributed by atoms with van der Waals surface area (Å²) < 4.78 is 17.0. The lowest BCUT2D eigenvalue weighted by molar-refractivity contribution is 0.283. The van der Waals surface area contributed by atoms with Crippen LogP contribution in [-0.2, 0) is 6.54 Å². The smallest absolute Gasteiger partial charge is 0.271 e. The van der Waals surface area contributed by atoms with Crippen molar-refractivity contribution in [3.05, 3.63) is 82.4 Å². The Morgan fingerprint density at radius 3 is 2.69 bits per heavy atom. The van der Waals surface area contributed by atoms with Gasteiger partial charge in [0.15, 0.2) is 0 Å². The standard InChI is InChI=1S/C27H29FN6O2/c1-18-5-2-3-6-23(18)34-24(36)12-11-22(31-34)25-26(20-7-9-21(28)10-8-20)32-33-17-19(16-30-27(25)33)15-29-13-4-14-35/h2-3,5-12,19,29-30,35H,4,13-17H2,1H3. The molecule has 2 aromatic heterocycles. The van der Waals surface area contributed by atoms with Crippen LogP contribution in [0.25, 0.3) is 28.2 Å². The fraction of sp³-hybridized carbons (Fsp3) is 0.296. The fourth-order valence-electron chi connectivity index (χ4n) is 4.54. The number of para-hydroxylation sites is 1. The highest BCUT2D eigenvalue weighted by Crippen LogP contribution is 2.38. The Balaban J connectivity index is 1.58. The number of rotatable bonds is 8. The van der Waals surface area contributed by atoms with E-state index < -0.39 is 0 Å². The maximum absolute atomic E-state index is 13.7. The van der Waals surface area contributed by atoms with E-state index >= 15 is 0 Å². The van der Waals surface area contributed by atoms with Crippen molar-refractivity contribution in [1.82, 2.24) is 24.9 Å². The van der Waals surface area contributed by atoms with E-state index in [1.165, 1.54) is 22.9 Å². The molecule has 5 rings (SSSR count). The summed E-state index contributed by atoms with van der Waals surface area (Å²) in [4.78, 5) is 12.8. The monoisotopic (exact) mass is 488 g/mol. The minimum absolute atomic E-state index is 0.168. The number of aromatic nitrogens is 4. The van der Waals surface area contributed by atoms with Crippen molar-refractivity contribution < 1.29 is 9.50 Å². The SMILES string of the molecule is Cc1ccccc1-n1nc(-c2c(-c3ccc(F)cc3)nn3c2NCC(CNCCCO)C3)ccc1=O. The average molecular weight is 489 g/mol. The summed E-state index contributed by atoms with van der Waals surface area (Å²) in [7, 11) is 0. The van der Waals surface area contributed by atoms with E-state index in [4.69, 9.17) is 15.3 Å². The molecule has 1 unspecified atom stereocenters. The van der Waals surface area contributed by atoms with Crippen LogP contribution in [0.2, 0.25) is 0 Å². The molecular weight excluding hydrogens is 459 g/mol. The van der Waals surface area contributed by atoms with Crippen LogP contribution in [0.4, 0.5) is 10.2 Å². The molecule has 1 atom stereocenters. The van der Waals surface area contributed by atoms with E-state index in [-0.39, 0.29) is 18.0 Å². The van der Waals surface area contributed by atoms with Crippen molar-refractivity contribution in [1.29, 1.82) is 0 Å². The third-order valence-electron chi connectivity index (χ3n) is 6.40. The fourth-order valence-corrected chi connectivity index (χ4v) is 4.54. The first-order valence-corrected chi connectivity index (χ1v) is 12.1. The first-order chi connectivity index (χ1) is 17.5. The lowest BCUT2D eigenvalue weighted by Crippen LogP contribution is -2.36. The second kappa shape index (κ2) is 10.4. The minimum Gasteiger partial charge on any atom is -0.396 e. The van der Waals surface area contributed by atoms with Crippen LogP contribution in [0.5, 0.6) is 0 Å². The number of nitrogens with zero attached hydrogens (tertiary/aromatic N) is 4. The Kier molecular flexibility index (Phi) is 6.92. The molecule has 0 amide bonds. The zero-order valence-electron chi connectivity index (χ0n) is 20.1. The first-order valence-electron chi connectivity index (χ1n) is 12.1. The molecule has 36 heavy (non-hydrogen) atoms. The summed E-state index contributed by atoms with van der Waals surface area (Å²) in [6.45, 7) is 5.10. The molecule has 0 spiro atoms.